The van der Waals surface area contributed by atoms with Gasteiger partial charge in [0, 0.05) is 23.9 Å². The van der Waals surface area contributed by atoms with Crippen molar-refractivity contribution in [2.24, 2.45) is 17.8 Å². The highest BCUT2D eigenvalue weighted by atomic mass is 32.2. The Balaban J connectivity index is 1.34. The third-order valence-corrected chi connectivity index (χ3v) is 12.2. The van der Waals surface area contributed by atoms with Gasteiger partial charge in [-0.25, -0.2) is 18.2 Å². The van der Waals surface area contributed by atoms with Crippen LogP contribution >= 0.6 is 0 Å². The van der Waals surface area contributed by atoms with E-state index in [0.29, 0.717) is 42.6 Å². The first-order chi connectivity index (χ1) is 24.3. The molecule has 51 heavy (non-hydrogen) atoms. The van der Waals surface area contributed by atoms with Gasteiger partial charge in [0.15, 0.2) is 11.5 Å². The summed E-state index contributed by atoms with van der Waals surface area (Å²) in [7, 11) is -0.877. The molecule has 4 amide bonds. The van der Waals surface area contributed by atoms with Crippen LogP contribution in [-0.4, -0.2) is 97.0 Å². The molecule has 16 heteroatoms. The minimum absolute atomic E-state index is 0.00785. The Labute approximate surface area is 296 Å². The second-order valence-corrected chi connectivity index (χ2v) is 16.2. The molecule has 2 aromatic rings. The van der Waals surface area contributed by atoms with Gasteiger partial charge in [-0.1, -0.05) is 26.0 Å². The molecule has 1 aromatic carbocycles. The molecule has 4 aliphatic rings. The minimum Gasteiger partial charge on any atom is -0.493 e. The number of aromatic nitrogens is 1. The molecule has 7 atom stereocenters. The standard InChI is InChI=1S/C35H45N5O10S/c1-19-7-5-6-8-22-17-35(22,33(43)39-51(46,47)24-9-10-24)38-30(41)26-15-23(18-40(26)32(42)29(20(2)13-19)37-34(44)45)50-31-25-16-28(49-4)27(48-3)14-21(25)11-12-36-31/h6,8,11-12,14,16,19-20,22-24,26,29,37H,5,7,9-10,13,15,17-18H2,1-4H3,(H,38,41)(H,39,43)(H,44,45)/b8-6-/t19-,20+,22?,23+,26-,29-,35+/m0/s1. The van der Waals surface area contributed by atoms with Crippen LogP contribution in [0.3, 0.4) is 0 Å². The smallest absolute Gasteiger partial charge is 0.405 e. The number of amides is 4. The number of carbonyl (C=O) groups excluding carboxylic acids is 3. The fraction of sp³-hybridized carbons (Fsp3) is 0.571. The van der Waals surface area contributed by atoms with Crippen LogP contribution in [0.2, 0.25) is 0 Å². The summed E-state index contributed by atoms with van der Waals surface area (Å²) in [5.41, 5.74) is -1.53. The molecule has 15 nitrogen and oxygen atoms in total. The number of nitrogens with zero attached hydrogens (tertiary/aromatic N) is 2. The van der Waals surface area contributed by atoms with Crippen molar-refractivity contribution >= 4 is 44.6 Å². The van der Waals surface area contributed by atoms with Gasteiger partial charge in [-0.2, -0.15) is 0 Å². The number of fused-ring (bicyclic) bond motifs is 3. The molecule has 3 fully saturated rings. The van der Waals surface area contributed by atoms with Gasteiger partial charge >= 0.3 is 6.09 Å². The lowest BCUT2D eigenvalue weighted by atomic mass is 9.88. The number of nitrogens with one attached hydrogen (secondary N) is 3. The molecule has 4 N–H and O–H groups in total. The van der Waals surface area contributed by atoms with Gasteiger partial charge in [0.25, 0.3) is 5.91 Å². The molecular formula is C35H45N5O10S. The third kappa shape index (κ3) is 7.55. The fourth-order valence-corrected chi connectivity index (χ4v) is 8.72. The summed E-state index contributed by atoms with van der Waals surface area (Å²) in [6.45, 7) is 3.75. The van der Waals surface area contributed by atoms with E-state index in [1.807, 2.05) is 19.1 Å². The predicted octanol–water partition coefficient (Wildman–Crippen LogP) is 2.73. The SMILES string of the molecule is COc1cc2ccnc(O[C@@H]3C[C@H]4C(=O)N[C@]5(C(=O)NS(=O)(=O)C6CC6)CC5/C=C\CC[C@H](C)C[C@@H](C)[C@H](NC(=O)O)C(=O)N4C3)c2cc1OC. The molecule has 2 aliphatic carbocycles. The van der Waals surface area contributed by atoms with Crippen LogP contribution < -0.4 is 29.6 Å². The topological polar surface area (TPSA) is 203 Å². The zero-order valence-corrected chi connectivity index (χ0v) is 29.9. The second-order valence-electron chi connectivity index (χ2n) is 14.2. The average molecular weight is 728 g/mol. The van der Waals surface area contributed by atoms with Crippen LogP contribution in [0.25, 0.3) is 10.8 Å². The summed E-state index contributed by atoms with van der Waals surface area (Å²) in [6.07, 6.45) is 6.20. The Morgan fingerprint density at radius 1 is 1.08 bits per heavy atom. The molecule has 1 saturated heterocycles. The molecular weight excluding hydrogens is 682 g/mol. The summed E-state index contributed by atoms with van der Waals surface area (Å²) in [4.78, 5) is 60.0. The van der Waals surface area contributed by atoms with Crippen LogP contribution in [0, 0.1) is 17.8 Å². The normalized spacial score (nSPS) is 30.5. The lowest BCUT2D eigenvalue weighted by Crippen LogP contribution is -2.59. The van der Waals surface area contributed by atoms with E-state index >= 15 is 0 Å². The van der Waals surface area contributed by atoms with Gasteiger partial charge in [0.1, 0.15) is 23.7 Å². The molecule has 0 bridgehead atoms. The van der Waals surface area contributed by atoms with Crippen molar-refractivity contribution in [3.05, 3.63) is 36.5 Å². The largest absolute Gasteiger partial charge is 0.493 e. The first kappa shape index (κ1) is 36.2. The van der Waals surface area contributed by atoms with Gasteiger partial charge < -0.3 is 34.9 Å². The quantitative estimate of drug-likeness (QED) is 0.291. The van der Waals surface area contributed by atoms with Crippen molar-refractivity contribution in [3.63, 3.8) is 0 Å². The zero-order chi connectivity index (χ0) is 36.7. The summed E-state index contributed by atoms with van der Waals surface area (Å²) >= 11 is 0. The number of rotatable bonds is 8. The number of carbonyl (C=O) groups is 4. The maximum absolute atomic E-state index is 14.3. The van der Waals surface area contributed by atoms with E-state index in [-0.39, 0.29) is 31.2 Å². The number of methoxy groups -OCH3 is 2. The number of ether oxygens (including phenoxy) is 3. The number of pyridine rings is 1. The highest BCUT2D eigenvalue weighted by Gasteiger charge is 2.62. The van der Waals surface area contributed by atoms with E-state index in [0.717, 1.165) is 11.8 Å². The number of benzene rings is 1. The van der Waals surface area contributed by atoms with E-state index in [2.05, 4.69) is 20.3 Å². The van der Waals surface area contributed by atoms with E-state index in [1.165, 1.54) is 19.1 Å². The Morgan fingerprint density at radius 2 is 1.80 bits per heavy atom. The van der Waals surface area contributed by atoms with Crippen LogP contribution in [0.5, 0.6) is 17.4 Å². The summed E-state index contributed by atoms with van der Waals surface area (Å²) in [5, 5.41) is 15.7. The number of carboxylic acid groups (broad SMARTS) is 1. The average Bonchev–Trinajstić information content (AvgIpc) is 4.01. The third-order valence-electron chi connectivity index (χ3n) is 10.4. The molecule has 2 aliphatic heterocycles. The monoisotopic (exact) mass is 727 g/mol. The van der Waals surface area contributed by atoms with Gasteiger partial charge in [-0.15, -0.1) is 0 Å². The van der Waals surface area contributed by atoms with Crippen molar-refractivity contribution in [2.75, 3.05) is 20.8 Å². The molecule has 3 heterocycles. The van der Waals surface area contributed by atoms with E-state index in [1.54, 1.807) is 31.3 Å². The van der Waals surface area contributed by atoms with Crippen molar-refractivity contribution in [2.45, 2.75) is 87.8 Å². The Bertz CT molecular complexity index is 1850. The Kier molecular flexibility index (Phi) is 10.1. The fourth-order valence-electron chi connectivity index (χ4n) is 7.36. The van der Waals surface area contributed by atoms with Crippen molar-refractivity contribution in [1.29, 1.82) is 0 Å². The molecule has 6 rings (SSSR count). The summed E-state index contributed by atoms with van der Waals surface area (Å²) in [5.74, 6) is -1.66. The van der Waals surface area contributed by atoms with Crippen LogP contribution in [0.4, 0.5) is 4.79 Å². The maximum Gasteiger partial charge on any atom is 0.405 e. The predicted molar refractivity (Wildman–Crippen MR) is 185 cm³/mol. The molecule has 1 aromatic heterocycles. The van der Waals surface area contributed by atoms with E-state index < -0.39 is 74.7 Å². The van der Waals surface area contributed by atoms with Gasteiger partial charge in [0.2, 0.25) is 27.7 Å². The van der Waals surface area contributed by atoms with Gasteiger partial charge in [-0.05, 0) is 73.9 Å². The first-order valence-corrected chi connectivity index (χ1v) is 18.8. The van der Waals surface area contributed by atoms with Crippen LogP contribution in [0.15, 0.2) is 36.5 Å². The Hall–Kier alpha value is -4.60. The highest BCUT2D eigenvalue weighted by molar-refractivity contribution is 7.91. The van der Waals surface area contributed by atoms with E-state index in [9.17, 15) is 32.7 Å². The summed E-state index contributed by atoms with van der Waals surface area (Å²) in [6, 6.07) is 2.93. The number of hydrogen-bond donors (Lipinski definition) is 4. The number of sulfonamides is 1. The van der Waals surface area contributed by atoms with Crippen molar-refractivity contribution < 1.29 is 46.9 Å². The maximum atomic E-state index is 14.3. The Morgan fingerprint density at radius 3 is 2.49 bits per heavy atom. The lowest BCUT2D eigenvalue weighted by molar-refractivity contribution is -0.142. The van der Waals surface area contributed by atoms with Crippen LogP contribution in [0.1, 0.15) is 58.8 Å². The minimum atomic E-state index is -3.91. The van der Waals surface area contributed by atoms with Crippen molar-refractivity contribution in [1.82, 2.24) is 25.2 Å². The van der Waals surface area contributed by atoms with Gasteiger partial charge in [0.05, 0.1) is 26.0 Å². The van der Waals surface area contributed by atoms with E-state index in [4.69, 9.17) is 14.2 Å². The summed E-state index contributed by atoms with van der Waals surface area (Å²) < 4.78 is 45.1. The molecule has 276 valence electrons. The lowest BCUT2D eigenvalue weighted by Gasteiger charge is -2.32. The second kappa shape index (κ2) is 14.2. The highest BCUT2D eigenvalue weighted by Crippen LogP contribution is 2.46. The first-order valence-electron chi connectivity index (χ1n) is 17.3. The van der Waals surface area contributed by atoms with Crippen LogP contribution in [-0.2, 0) is 24.4 Å². The number of allylic oxidation sites excluding steroid dienone is 1. The molecule has 2 saturated carbocycles. The molecule has 1 unspecified atom stereocenters. The molecule has 0 radical (unpaired) electrons. The van der Waals surface area contributed by atoms with Crippen molar-refractivity contribution in [3.8, 4) is 17.4 Å². The zero-order valence-electron chi connectivity index (χ0n) is 29.1. The van der Waals surface area contributed by atoms with Gasteiger partial charge in [-0.3, -0.25) is 19.1 Å². The molecule has 0 spiro atoms. The number of hydrogen-bond acceptors (Lipinski definition) is 10.